The summed E-state index contributed by atoms with van der Waals surface area (Å²) in [4.78, 5) is 4.56. The predicted molar refractivity (Wildman–Crippen MR) is 84.7 cm³/mol. The zero-order chi connectivity index (χ0) is 12.5. The van der Waals surface area contributed by atoms with Crippen LogP contribution in [0, 0.1) is 0 Å². The van der Waals surface area contributed by atoms with Gasteiger partial charge in [0.2, 0.25) is 0 Å². The van der Waals surface area contributed by atoms with Crippen LogP contribution < -0.4 is 5.32 Å². The lowest BCUT2D eigenvalue weighted by molar-refractivity contribution is 1.42. The van der Waals surface area contributed by atoms with Gasteiger partial charge in [0.1, 0.15) is 0 Å². The van der Waals surface area contributed by atoms with Crippen LogP contribution in [0.15, 0.2) is 51.4 Å². The minimum Gasteiger partial charge on any atom is -0.330 e. The zero-order valence-electron chi connectivity index (χ0n) is 9.15. The number of fused-ring (bicyclic) bond motifs is 1. The lowest BCUT2D eigenvalue weighted by Crippen LogP contribution is -1.91. The Kier molecular flexibility index (Phi) is 3.37. The molecule has 0 bridgehead atoms. The highest BCUT2D eigenvalue weighted by atomic mass is 79.9. The van der Waals surface area contributed by atoms with Crippen molar-refractivity contribution >= 4 is 64.2 Å². The van der Waals surface area contributed by atoms with Crippen LogP contribution in [0.25, 0.3) is 10.2 Å². The fraction of sp³-hybridized carbons (Fsp3) is 0. The molecule has 0 saturated carbocycles. The van der Waals surface area contributed by atoms with Crippen LogP contribution in [0.5, 0.6) is 0 Å². The number of hydrogen-bond acceptors (Lipinski definition) is 3. The molecule has 1 N–H and O–H groups in total. The number of nitrogens with zero attached hydrogens (tertiary/aromatic N) is 1. The first kappa shape index (κ1) is 12.1. The van der Waals surface area contributed by atoms with Crippen molar-refractivity contribution in [1.82, 2.24) is 4.98 Å². The van der Waals surface area contributed by atoms with Crippen molar-refractivity contribution in [2.24, 2.45) is 0 Å². The van der Waals surface area contributed by atoms with Crippen molar-refractivity contribution < 1.29 is 0 Å². The fourth-order valence-electron chi connectivity index (χ4n) is 1.65. The molecular weight excluding hydrogens is 376 g/mol. The van der Waals surface area contributed by atoms with Crippen molar-refractivity contribution in [2.45, 2.75) is 0 Å². The molecule has 0 fully saturated rings. The maximum absolute atomic E-state index is 4.56. The molecule has 0 amide bonds. The van der Waals surface area contributed by atoms with E-state index < -0.39 is 0 Å². The molecule has 2 nitrogen and oxygen atoms in total. The monoisotopic (exact) mass is 382 g/mol. The Hall–Kier alpha value is -0.910. The minimum absolute atomic E-state index is 0.892. The minimum atomic E-state index is 0.892. The molecule has 0 saturated heterocycles. The largest absolute Gasteiger partial charge is 0.330 e. The van der Waals surface area contributed by atoms with Gasteiger partial charge in [-0.05, 0) is 56.1 Å². The Morgan fingerprint density at radius 3 is 2.39 bits per heavy atom. The molecule has 0 unspecified atom stereocenters. The molecule has 0 radical (unpaired) electrons. The van der Waals surface area contributed by atoms with E-state index >= 15 is 0 Å². The predicted octanol–water partition coefficient (Wildman–Crippen LogP) is 5.56. The van der Waals surface area contributed by atoms with E-state index in [1.807, 2.05) is 36.4 Å². The Balaban J connectivity index is 2.01. The summed E-state index contributed by atoms with van der Waals surface area (Å²) in [6, 6.07) is 14.1. The van der Waals surface area contributed by atoms with Gasteiger partial charge < -0.3 is 5.32 Å². The van der Waals surface area contributed by atoms with E-state index in [2.05, 4.69) is 48.2 Å². The summed E-state index contributed by atoms with van der Waals surface area (Å²) in [5, 5.41) is 4.24. The SMILES string of the molecule is Brc1cccc(Br)c1Nc1nc2ccccc2s1. The summed E-state index contributed by atoms with van der Waals surface area (Å²) in [6.45, 7) is 0. The lowest BCUT2D eigenvalue weighted by Gasteiger charge is -2.07. The van der Waals surface area contributed by atoms with E-state index in [0.717, 1.165) is 25.3 Å². The summed E-state index contributed by atoms with van der Waals surface area (Å²) in [5.41, 5.74) is 2.02. The van der Waals surface area contributed by atoms with Crippen LogP contribution in [0.2, 0.25) is 0 Å². The topological polar surface area (TPSA) is 24.9 Å². The van der Waals surface area contributed by atoms with E-state index in [4.69, 9.17) is 0 Å². The first-order valence-corrected chi connectivity index (χ1v) is 7.71. The Morgan fingerprint density at radius 2 is 1.67 bits per heavy atom. The Bertz CT molecular complexity index is 656. The molecule has 3 aromatic rings. The number of nitrogens with one attached hydrogen (secondary N) is 1. The molecule has 0 spiro atoms. The number of thiazole rings is 1. The number of aromatic nitrogens is 1. The molecular formula is C13H8Br2N2S. The fourth-order valence-corrected chi connectivity index (χ4v) is 3.72. The van der Waals surface area contributed by atoms with Crippen molar-refractivity contribution in [3.05, 3.63) is 51.4 Å². The second-order valence-electron chi connectivity index (χ2n) is 3.71. The average molecular weight is 384 g/mol. The summed E-state index contributed by atoms with van der Waals surface area (Å²) < 4.78 is 3.20. The molecule has 90 valence electrons. The number of hydrogen-bond donors (Lipinski definition) is 1. The van der Waals surface area contributed by atoms with E-state index in [-0.39, 0.29) is 0 Å². The molecule has 0 aliphatic rings. The van der Waals surface area contributed by atoms with Gasteiger partial charge in [-0.15, -0.1) is 0 Å². The van der Waals surface area contributed by atoms with Crippen molar-refractivity contribution in [3.63, 3.8) is 0 Å². The second-order valence-corrected chi connectivity index (χ2v) is 6.45. The first-order chi connectivity index (χ1) is 8.74. The van der Waals surface area contributed by atoms with E-state index in [1.54, 1.807) is 11.3 Å². The average Bonchev–Trinajstić information content (AvgIpc) is 2.76. The van der Waals surface area contributed by atoms with E-state index in [9.17, 15) is 0 Å². The molecule has 0 aliphatic carbocycles. The second kappa shape index (κ2) is 4.99. The first-order valence-electron chi connectivity index (χ1n) is 5.30. The number of halogens is 2. The molecule has 0 atom stereocenters. The van der Waals surface area contributed by atoms with E-state index in [1.165, 1.54) is 4.70 Å². The maximum Gasteiger partial charge on any atom is 0.188 e. The van der Waals surface area contributed by atoms with Gasteiger partial charge in [0.15, 0.2) is 5.13 Å². The highest BCUT2D eigenvalue weighted by Crippen LogP contribution is 2.35. The molecule has 1 aromatic heterocycles. The van der Waals surface area contributed by atoms with Gasteiger partial charge in [0.05, 0.1) is 15.9 Å². The number of benzene rings is 2. The van der Waals surface area contributed by atoms with Crippen LogP contribution in [-0.4, -0.2) is 4.98 Å². The van der Waals surface area contributed by atoms with Crippen molar-refractivity contribution in [3.8, 4) is 0 Å². The number of anilines is 2. The molecule has 1 heterocycles. The lowest BCUT2D eigenvalue weighted by atomic mass is 10.3. The number of para-hydroxylation sites is 2. The quantitative estimate of drug-likeness (QED) is 0.626. The molecule has 5 heteroatoms. The van der Waals surface area contributed by atoms with Crippen LogP contribution >= 0.6 is 43.2 Å². The van der Waals surface area contributed by atoms with Crippen LogP contribution in [0.3, 0.4) is 0 Å². The molecule has 3 rings (SSSR count). The standard InChI is InChI=1S/C13H8Br2N2S/c14-8-4-3-5-9(15)12(8)17-13-16-10-6-1-2-7-11(10)18-13/h1-7H,(H,16,17). The van der Waals surface area contributed by atoms with Gasteiger partial charge in [-0.1, -0.05) is 29.5 Å². The summed E-state index contributed by atoms with van der Waals surface area (Å²) in [6.07, 6.45) is 0. The third-order valence-electron chi connectivity index (χ3n) is 2.49. The van der Waals surface area contributed by atoms with Crippen molar-refractivity contribution in [2.75, 3.05) is 5.32 Å². The van der Waals surface area contributed by atoms with Gasteiger partial charge in [-0.3, -0.25) is 0 Å². The van der Waals surface area contributed by atoms with Gasteiger partial charge in [-0.25, -0.2) is 4.98 Å². The Morgan fingerprint density at radius 1 is 0.944 bits per heavy atom. The highest BCUT2D eigenvalue weighted by Gasteiger charge is 2.08. The smallest absolute Gasteiger partial charge is 0.188 e. The van der Waals surface area contributed by atoms with E-state index in [0.29, 0.717) is 0 Å². The third kappa shape index (κ3) is 2.30. The Labute approximate surface area is 125 Å². The number of rotatable bonds is 2. The van der Waals surface area contributed by atoms with Crippen LogP contribution in [-0.2, 0) is 0 Å². The molecule has 18 heavy (non-hydrogen) atoms. The van der Waals surface area contributed by atoms with Crippen LogP contribution in [0.4, 0.5) is 10.8 Å². The highest BCUT2D eigenvalue weighted by molar-refractivity contribution is 9.11. The molecule has 0 aliphatic heterocycles. The van der Waals surface area contributed by atoms with Gasteiger partial charge in [-0.2, -0.15) is 0 Å². The zero-order valence-corrected chi connectivity index (χ0v) is 13.1. The maximum atomic E-state index is 4.56. The van der Waals surface area contributed by atoms with Gasteiger partial charge in [0.25, 0.3) is 0 Å². The van der Waals surface area contributed by atoms with Gasteiger partial charge in [0, 0.05) is 8.95 Å². The third-order valence-corrected chi connectivity index (χ3v) is 4.76. The molecule has 2 aromatic carbocycles. The van der Waals surface area contributed by atoms with Crippen LogP contribution in [0.1, 0.15) is 0 Å². The summed E-state index contributed by atoms with van der Waals surface area (Å²) >= 11 is 8.71. The summed E-state index contributed by atoms with van der Waals surface area (Å²) in [7, 11) is 0. The summed E-state index contributed by atoms with van der Waals surface area (Å²) in [5.74, 6) is 0. The van der Waals surface area contributed by atoms with Crippen molar-refractivity contribution in [1.29, 1.82) is 0 Å². The normalized spacial score (nSPS) is 10.8. The van der Waals surface area contributed by atoms with Gasteiger partial charge >= 0.3 is 0 Å².